The third kappa shape index (κ3) is 3.90. The topological polar surface area (TPSA) is 67.4 Å². The molecule has 2 N–H and O–H groups in total. The third-order valence-corrected chi connectivity index (χ3v) is 5.52. The normalized spacial score (nSPS) is 12.5. The predicted octanol–water partition coefficient (Wildman–Crippen LogP) is 4.63. The van der Waals surface area contributed by atoms with Crippen molar-refractivity contribution in [3.8, 4) is 5.75 Å². The zero-order valence-electron chi connectivity index (χ0n) is 15.2. The van der Waals surface area contributed by atoms with Crippen molar-refractivity contribution in [1.82, 2.24) is 0 Å². The van der Waals surface area contributed by atoms with Crippen LogP contribution in [0.4, 0.5) is 10.7 Å². The Hall–Kier alpha value is -2.34. The number of aryl methyl sites for hydroxylation is 1. The number of rotatable bonds is 7. The maximum Gasteiger partial charge on any atom is 0.259 e. The molecule has 2 amide bonds. The molecule has 1 heterocycles. The van der Waals surface area contributed by atoms with Gasteiger partial charge in [0.2, 0.25) is 5.91 Å². The first kappa shape index (κ1) is 18.5. The van der Waals surface area contributed by atoms with E-state index in [0.717, 1.165) is 31.2 Å². The maximum absolute atomic E-state index is 13.0. The Morgan fingerprint density at radius 2 is 1.96 bits per heavy atom. The molecule has 0 saturated carbocycles. The lowest BCUT2D eigenvalue weighted by atomic mass is 10.1. The minimum absolute atomic E-state index is 0.0452. The van der Waals surface area contributed by atoms with Gasteiger partial charge >= 0.3 is 0 Å². The average molecular weight is 372 g/mol. The van der Waals surface area contributed by atoms with Gasteiger partial charge in [-0.3, -0.25) is 9.59 Å². The highest BCUT2D eigenvalue weighted by atomic mass is 32.1. The Kier molecular flexibility index (Phi) is 5.93. The lowest BCUT2D eigenvalue weighted by Gasteiger charge is -2.13. The van der Waals surface area contributed by atoms with Crippen LogP contribution in [0.25, 0.3) is 0 Å². The van der Waals surface area contributed by atoms with E-state index >= 15 is 0 Å². The van der Waals surface area contributed by atoms with E-state index in [1.165, 1.54) is 16.2 Å². The van der Waals surface area contributed by atoms with Crippen molar-refractivity contribution in [2.24, 2.45) is 0 Å². The SMILES string of the molecule is CCCC(=O)Nc1sc2c(c1C(=O)Nc1ccccc1OCC)CCC2. The largest absolute Gasteiger partial charge is 0.492 e. The number of ether oxygens (including phenoxy) is 1. The van der Waals surface area contributed by atoms with Gasteiger partial charge in [0.25, 0.3) is 5.91 Å². The molecule has 0 saturated heterocycles. The van der Waals surface area contributed by atoms with Crippen LogP contribution >= 0.6 is 11.3 Å². The Morgan fingerprint density at radius 1 is 1.15 bits per heavy atom. The summed E-state index contributed by atoms with van der Waals surface area (Å²) in [6.07, 6.45) is 4.14. The summed E-state index contributed by atoms with van der Waals surface area (Å²) in [6, 6.07) is 7.39. The average Bonchev–Trinajstić information content (AvgIpc) is 3.17. The smallest absolute Gasteiger partial charge is 0.259 e. The standard InChI is InChI=1S/C20H24N2O3S/c1-3-8-17(23)22-20-18(13-9-7-12-16(13)26-20)19(24)21-14-10-5-6-11-15(14)25-4-2/h5-6,10-11H,3-4,7-9,12H2,1-2H3,(H,21,24)(H,22,23). The van der Waals surface area contributed by atoms with Crippen molar-refractivity contribution in [2.75, 3.05) is 17.2 Å². The fourth-order valence-corrected chi connectivity index (χ4v) is 4.49. The molecule has 0 spiro atoms. The van der Waals surface area contributed by atoms with Crippen LogP contribution in [0.15, 0.2) is 24.3 Å². The van der Waals surface area contributed by atoms with Crippen molar-refractivity contribution in [2.45, 2.75) is 46.0 Å². The Morgan fingerprint density at radius 3 is 2.73 bits per heavy atom. The fraction of sp³-hybridized carbons (Fsp3) is 0.400. The van der Waals surface area contributed by atoms with Crippen LogP contribution in [0, 0.1) is 0 Å². The molecular formula is C20H24N2O3S. The second-order valence-corrected chi connectivity index (χ2v) is 7.35. The molecule has 138 valence electrons. The van der Waals surface area contributed by atoms with Gasteiger partial charge in [-0.1, -0.05) is 19.1 Å². The highest BCUT2D eigenvalue weighted by Crippen LogP contribution is 2.40. The Bertz CT molecular complexity index is 813. The van der Waals surface area contributed by atoms with E-state index in [9.17, 15) is 9.59 Å². The van der Waals surface area contributed by atoms with Crippen molar-refractivity contribution >= 4 is 33.8 Å². The molecule has 3 rings (SSSR count). The van der Waals surface area contributed by atoms with Gasteiger partial charge in [-0.25, -0.2) is 0 Å². The molecule has 1 aromatic heterocycles. The second-order valence-electron chi connectivity index (χ2n) is 6.24. The maximum atomic E-state index is 13.0. The van der Waals surface area contributed by atoms with E-state index in [1.807, 2.05) is 38.1 Å². The van der Waals surface area contributed by atoms with Gasteiger partial charge in [0.1, 0.15) is 10.8 Å². The van der Waals surface area contributed by atoms with E-state index in [1.54, 1.807) is 0 Å². The molecule has 5 nitrogen and oxygen atoms in total. The Balaban J connectivity index is 1.88. The predicted molar refractivity (Wildman–Crippen MR) is 105 cm³/mol. The summed E-state index contributed by atoms with van der Waals surface area (Å²) in [5.74, 6) is 0.409. The molecule has 1 aliphatic carbocycles. The van der Waals surface area contributed by atoms with Gasteiger partial charge in [0, 0.05) is 11.3 Å². The number of carbonyl (C=O) groups is 2. The molecule has 6 heteroatoms. The molecule has 26 heavy (non-hydrogen) atoms. The van der Waals surface area contributed by atoms with E-state index in [0.29, 0.717) is 35.0 Å². The van der Waals surface area contributed by atoms with Crippen LogP contribution in [-0.2, 0) is 17.6 Å². The molecule has 0 aliphatic heterocycles. The highest BCUT2D eigenvalue weighted by Gasteiger charge is 2.27. The number of amides is 2. The van der Waals surface area contributed by atoms with Crippen molar-refractivity contribution in [1.29, 1.82) is 0 Å². The highest BCUT2D eigenvalue weighted by molar-refractivity contribution is 7.17. The molecule has 0 fully saturated rings. The first-order valence-corrected chi connectivity index (χ1v) is 9.93. The summed E-state index contributed by atoms with van der Waals surface area (Å²) in [7, 11) is 0. The van der Waals surface area contributed by atoms with Gasteiger partial charge in [-0.2, -0.15) is 0 Å². The number of anilines is 2. The van der Waals surface area contributed by atoms with Gasteiger partial charge in [0.05, 0.1) is 17.9 Å². The summed E-state index contributed by atoms with van der Waals surface area (Å²) in [4.78, 5) is 26.3. The molecule has 0 unspecified atom stereocenters. The zero-order valence-corrected chi connectivity index (χ0v) is 16.0. The van der Waals surface area contributed by atoms with Crippen LogP contribution in [-0.4, -0.2) is 18.4 Å². The van der Waals surface area contributed by atoms with Crippen LogP contribution in [0.3, 0.4) is 0 Å². The lowest BCUT2D eigenvalue weighted by molar-refractivity contribution is -0.116. The summed E-state index contributed by atoms with van der Waals surface area (Å²) < 4.78 is 5.59. The van der Waals surface area contributed by atoms with Gasteiger partial charge < -0.3 is 15.4 Å². The monoisotopic (exact) mass is 372 g/mol. The number of carbonyl (C=O) groups excluding carboxylic acids is 2. The number of fused-ring (bicyclic) bond motifs is 1. The molecule has 1 aromatic carbocycles. The lowest BCUT2D eigenvalue weighted by Crippen LogP contribution is -2.18. The van der Waals surface area contributed by atoms with E-state index in [-0.39, 0.29) is 11.8 Å². The first-order chi connectivity index (χ1) is 12.6. The van der Waals surface area contributed by atoms with Gasteiger partial charge in [0.15, 0.2) is 0 Å². The van der Waals surface area contributed by atoms with Crippen molar-refractivity contribution in [3.05, 3.63) is 40.3 Å². The first-order valence-electron chi connectivity index (χ1n) is 9.11. The summed E-state index contributed by atoms with van der Waals surface area (Å²) in [6.45, 7) is 4.40. The molecular weight excluding hydrogens is 348 g/mol. The molecule has 0 bridgehead atoms. The van der Waals surface area contributed by atoms with Crippen molar-refractivity contribution in [3.63, 3.8) is 0 Å². The number of benzene rings is 1. The number of hydrogen-bond donors (Lipinski definition) is 2. The second kappa shape index (κ2) is 8.36. The quantitative estimate of drug-likeness (QED) is 0.745. The fourth-order valence-electron chi connectivity index (χ4n) is 3.18. The molecule has 2 aromatic rings. The molecule has 0 atom stereocenters. The number of hydrogen-bond acceptors (Lipinski definition) is 4. The van der Waals surface area contributed by atoms with Crippen LogP contribution in [0.5, 0.6) is 5.75 Å². The van der Waals surface area contributed by atoms with Gasteiger partial charge in [-0.05, 0) is 50.3 Å². The molecule has 1 aliphatic rings. The number of para-hydroxylation sites is 2. The summed E-state index contributed by atoms with van der Waals surface area (Å²) >= 11 is 1.53. The molecule has 0 radical (unpaired) electrons. The van der Waals surface area contributed by atoms with Crippen LogP contribution < -0.4 is 15.4 Å². The van der Waals surface area contributed by atoms with Crippen LogP contribution in [0.2, 0.25) is 0 Å². The van der Waals surface area contributed by atoms with E-state index in [2.05, 4.69) is 10.6 Å². The van der Waals surface area contributed by atoms with E-state index < -0.39 is 0 Å². The Labute approximate surface area is 157 Å². The minimum atomic E-state index is -0.191. The van der Waals surface area contributed by atoms with Crippen molar-refractivity contribution < 1.29 is 14.3 Å². The minimum Gasteiger partial charge on any atom is -0.492 e. The van der Waals surface area contributed by atoms with Gasteiger partial charge in [-0.15, -0.1) is 11.3 Å². The number of nitrogens with one attached hydrogen (secondary N) is 2. The van der Waals surface area contributed by atoms with E-state index in [4.69, 9.17) is 4.74 Å². The third-order valence-electron chi connectivity index (χ3n) is 4.31. The number of thiophene rings is 1. The van der Waals surface area contributed by atoms with Crippen LogP contribution in [0.1, 0.15) is 53.9 Å². The zero-order chi connectivity index (χ0) is 18.5. The summed E-state index contributed by atoms with van der Waals surface area (Å²) in [5.41, 5.74) is 2.33. The summed E-state index contributed by atoms with van der Waals surface area (Å²) in [5, 5.41) is 6.57.